The van der Waals surface area contributed by atoms with E-state index < -0.39 is 27.8 Å². The van der Waals surface area contributed by atoms with Crippen LogP contribution in [0.1, 0.15) is 22.0 Å². The number of ether oxygens (including phenoxy) is 2. The molecule has 4 rings (SSSR count). The van der Waals surface area contributed by atoms with Gasteiger partial charge in [0, 0.05) is 41.3 Å². The molecule has 3 aromatic rings. The molecule has 0 bridgehead atoms. The molecular formula is C25H21BrN4O8. The van der Waals surface area contributed by atoms with Gasteiger partial charge in [-0.05, 0) is 34.1 Å². The molecule has 1 amide bonds. The summed E-state index contributed by atoms with van der Waals surface area (Å²) in [7, 11) is 0. The first-order chi connectivity index (χ1) is 18.2. The van der Waals surface area contributed by atoms with Crippen molar-refractivity contribution in [3.63, 3.8) is 0 Å². The first-order valence-corrected chi connectivity index (χ1v) is 12.2. The first kappa shape index (κ1) is 26.7. The Labute approximate surface area is 224 Å². The minimum Gasteiger partial charge on any atom is -0.444 e. The predicted octanol–water partition coefficient (Wildman–Crippen LogP) is 4.64. The minimum absolute atomic E-state index is 0.0982. The average Bonchev–Trinajstić information content (AvgIpc) is 2.93. The summed E-state index contributed by atoms with van der Waals surface area (Å²) in [4.78, 5) is 49.7. The van der Waals surface area contributed by atoms with E-state index in [-0.39, 0.29) is 27.1 Å². The third-order valence-corrected chi connectivity index (χ3v) is 6.40. The molecule has 1 N–H and O–H groups in total. The van der Waals surface area contributed by atoms with Crippen LogP contribution in [0.3, 0.4) is 0 Å². The van der Waals surface area contributed by atoms with E-state index in [9.17, 15) is 29.8 Å². The van der Waals surface area contributed by atoms with Gasteiger partial charge in [0.2, 0.25) is 6.10 Å². The fourth-order valence-electron chi connectivity index (χ4n) is 3.86. The van der Waals surface area contributed by atoms with Crippen molar-refractivity contribution < 1.29 is 28.9 Å². The second-order valence-electron chi connectivity index (χ2n) is 8.17. The summed E-state index contributed by atoms with van der Waals surface area (Å²) in [5.74, 6) is -1.66. The van der Waals surface area contributed by atoms with Gasteiger partial charge in [-0.15, -0.1) is 0 Å². The van der Waals surface area contributed by atoms with Gasteiger partial charge in [-0.25, -0.2) is 4.79 Å². The number of nitrogens with one attached hydrogen (secondary N) is 1. The Bertz CT molecular complexity index is 1380. The zero-order valence-electron chi connectivity index (χ0n) is 19.7. The normalized spacial score (nSPS) is 13.9. The lowest BCUT2D eigenvalue weighted by atomic mass is 10.1. The lowest BCUT2D eigenvalue weighted by molar-refractivity contribution is -0.384. The van der Waals surface area contributed by atoms with Gasteiger partial charge in [0.1, 0.15) is 5.69 Å². The van der Waals surface area contributed by atoms with Crippen molar-refractivity contribution in [1.82, 2.24) is 0 Å². The van der Waals surface area contributed by atoms with Gasteiger partial charge in [0.15, 0.2) is 0 Å². The second-order valence-corrected chi connectivity index (χ2v) is 9.02. The molecule has 1 aliphatic rings. The number of esters is 1. The van der Waals surface area contributed by atoms with Crippen LogP contribution in [0.5, 0.6) is 0 Å². The average molecular weight is 585 g/mol. The van der Waals surface area contributed by atoms with Crippen LogP contribution in [0.2, 0.25) is 0 Å². The SMILES string of the molecule is O=C(OC(C(=O)Nc1ccc([N+](=O)[O-])cc1Br)c1ccccc1)c1ccc(N2CCOCC2)c([N+](=O)[O-])c1. The molecule has 1 atom stereocenters. The predicted molar refractivity (Wildman–Crippen MR) is 140 cm³/mol. The highest BCUT2D eigenvalue weighted by Crippen LogP contribution is 2.32. The summed E-state index contributed by atoms with van der Waals surface area (Å²) in [5, 5.41) is 25.4. The van der Waals surface area contributed by atoms with Crippen molar-refractivity contribution in [2.45, 2.75) is 6.10 Å². The van der Waals surface area contributed by atoms with Crippen molar-refractivity contribution in [3.05, 3.63) is 103 Å². The summed E-state index contributed by atoms with van der Waals surface area (Å²) in [6.07, 6.45) is -1.41. The summed E-state index contributed by atoms with van der Waals surface area (Å²) in [6.45, 7) is 1.80. The van der Waals surface area contributed by atoms with Gasteiger partial charge in [-0.1, -0.05) is 30.3 Å². The number of benzene rings is 3. The van der Waals surface area contributed by atoms with Crippen LogP contribution in [0.15, 0.2) is 71.2 Å². The summed E-state index contributed by atoms with van der Waals surface area (Å²) in [6, 6.07) is 16.0. The fourth-order valence-corrected chi connectivity index (χ4v) is 4.33. The van der Waals surface area contributed by atoms with Gasteiger partial charge in [-0.2, -0.15) is 0 Å². The molecule has 12 nitrogen and oxygen atoms in total. The molecule has 1 aliphatic heterocycles. The van der Waals surface area contributed by atoms with Crippen molar-refractivity contribution in [1.29, 1.82) is 0 Å². The van der Waals surface area contributed by atoms with Gasteiger partial charge in [-0.3, -0.25) is 25.0 Å². The molecule has 0 aromatic heterocycles. The number of nitro benzene ring substituents is 2. The Balaban J connectivity index is 1.59. The molecule has 1 saturated heterocycles. The largest absolute Gasteiger partial charge is 0.444 e. The highest BCUT2D eigenvalue weighted by molar-refractivity contribution is 9.10. The Hall–Kier alpha value is -4.36. The maximum absolute atomic E-state index is 13.2. The van der Waals surface area contributed by atoms with Crippen LogP contribution < -0.4 is 10.2 Å². The number of anilines is 2. The zero-order valence-corrected chi connectivity index (χ0v) is 21.3. The Kier molecular flexibility index (Phi) is 8.28. The molecule has 1 fully saturated rings. The summed E-state index contributed by atoms with van der Waals surface area (Å²) in [5.41, 5.74) is 0.396. The third kappa shape index (κ3) is 6.12. The van der Waals surface area contributed by atoms with Crippen LogP contribution >= 0.6 is 15.9 Å². The quantitative estimate of drug-likeness (QED) is 0.226. The van der Waals surface area contributed by atoms with E-state index in [0.717, 1.165) is 6.07 Å². The van der Waals surface area contributed by atoms with Crippen molar-refractivity contribution in [2.75, 3.05) is 36.5 Å². The van der Waals surface area contributed by atoms with E-state index >= 15 is 0 Å². The number of non-ortho nitro benzene ring substituents is 1. The maximum atomic E-state index is 13.2. The fraction of sp³-hybridized carbons (Fsp3) is 0.200. The number of morpholine rings is 1. The number of rotatable bonds is 8. The Morgan fingerprint density at radius 1 is 0.974 bits per heavy atom. The molecule has 13 heteroatoms. The van der Waals surface area contributed by atoms with E-state index in [1.807, 2.05) is 0 Å². The smallest absolute Gasteiger partial charge is 0.339 e. The molecule has 38 heavy (non-hydrogen) atoms. The standard InChI is InChI=1S/C25H21BrN4O8/c26-19-15-18(29(33)34)7-8-20(19)27-24(31)23(16-4-2-1-3-5-16)38-25(32)17-6-9-21(22(14-17)30(35)36)28-10-12-37-13-11-28/h1-9,14-15,23H,10-13H2,(H,27,31). The van der Waals surface area contributed by atoms with E-state index in [4.69, 9.17) is 9.47 Å². The highest BCUT2D eigenvalue weighted by atomic mass is 79.9. The first-order valence-electron chi connectivity index (χ1n) is 11.4. The number of amides is 1. The van der Waals surface area contributed by atoms with Crippen LogP contribution in [-0.4, -0.2) is 48.0 Å². The van der Waals surface area contributed by atoms with Crippen LogP contribution in [0.4, 0.5) is 22.7 Å². The monoisotopic (exact) mass is 584 g/mol. The summed E-state index contributed by atoms with van der Waals surface area (Å²) >= 11 is 3.20. The molecule has 1 unspecified atom stereocenters. The molecule has 3 aromatic carbocycles. The number of carbonyl (C=O) groups is 2. The minimum atomic E-state index is -1.41. The van der Waals surface area contributed by atoms with Crippen molar-refractivity contribution >= 4 is 50.6 Å². The van der Waals surface area contributed by atoms with Crippen LogP contribution in [0.25, 0.3) is 0 Å². The van der Waals surface area contributed by atoms with Gasteiger partial charge in [0.05, 0.1) is 34.3 Å². The number of carbonyl (C=O) groups excluding carboxylic acids is 2. The zero-order chi connectivity index (χ0) is 27.2. The third-order valence-electron chi connectivity index (χ3n) is 5.75. The van der Waals surface area contributed by atoms with Crippen molar-refractivity contribution in [2.24, 2.45) is 0 Å². The molecule has 1 heterocycles. The van der Waals surface area contributed by atoms with E-state index in [1.165, 1.54) is 30.3 Å². The molecule has 196 valence electrons. The van der Waals surface area contributed by atoms with Gasteiger partial charge in [0.25, 0.3) is 17.3 Å². The lowest BCUT2D eigenvalue weighted by Gasteiger charge is -2.28. The molecule has 0 spiro atoms. The van der Waals surface area contributed by atoms with Crippen LogP contribution in [0, 0.1) is 20.2 Å². The second kappa shape index (κ2) is 11.8. The maximum Gasteiger partial charge on any atom is 0.339 e. The Morgan fingerprint density at radius 3 is 2.32 bits per heavy atom. The van der Waals surface area contributed by atoms with Crippen LogP contribution in [-0.2, 0) is 14.3 Å². The van der Waals surface area contributed by atoms with Gasteiger partial charge < -0.3 is 19.7 Å². The van der Waals surface area contributed by atoms with Gasteiger partial charge >= 0.3 is 5.97 Å². The number of nitrogens with zero attached hydrogens (tertiary/aromatic N) is 3. The molecular weight excluding hydrogens is 564 g/mol. The summed E-state index contributed by atoms with van der Waals surface area (Å²) < 4.78 is 11.1. The van der Waals surface area contributed by atoms with Crippen molar-refractivity contribution in [3.8, 4) is 0 Å². The Morgan fingerprint density at radius 2 is 1.68 bits per heavy atom. The molecule has 0 saturated carbocycles. The van der Waals surface area contributed by atoms with E-state index in [1.54, 1.807) is 35.2 Å². The number of halogens is 1. The molecule has 0 aliphatic carbocycles. The lowest BCUT2D eigenvalue weighted by Crippen LogP contribution is -2.36. The number of hydrogen-bond acceptors (Lipinski definition) is 9. The number of hydrogen-bond donors (Lipinski definition) is 1. The molecule has 0 radical (unpaired) electrons. The topological polar surface area (TPSA) is 154 Å². The van der Waals surface area contributed by atoms with E-state index in [2.05, 4.69) is 21.2 Å². The number of nitro groups is 2. The van der Waals surface area contributed by atoms with E-state index in [0.29, 0.717) is 37.6 Å². The highest BCUT2D eigenvalue weighted by Gasteiger charge is 2.29.